The fourth-order valence-corrected chi connectivity index (χ4v) is 4.61. The minimum atomic E-state index is -0.00742. The molecule has 138 valence electrons. The molecule has 4 rings (SSSR count). The van der Waals surface area contributed by atoms with Crippen molar-refractivity contribution >= 4 is 6.03 Å². The molecule has 0 aromatic heterocycles. The lowest BCUT2D eigenvalue weighted by molar-refractivity contribution is 0.203. The zero-order chi connectivity index (χ0) is 17.8. The highest BCUT2D eigenvalue weighted by atomic mass is 16.2. The second kappa shape index (κ2) is 8.14. The predicted octanol–water partition coefficient (Wildman–Crippen LogP) is 2.79. The van der Waals surface area contributed by atoms with Crippen LogP contribution < -0.4 is 10.6 Å². The zero-order valence-electron chi connectivity index (χ0n) is 15.4. The van der Waals surface area contributed by atoms with Gasteiger partial charge in [0.25, 0.3) is 0 Å². The Morgan fingerprint density at radius 2 is 1.77 bits per heavy atom. The van der Waals surface area contributed by atoms with E-state index in [9.17, 15) is 4.79 Å². The predicted molar refractivity (Wildman–Crippen MR) is 104 cm³/mol. The van der Waals surface area contributed by atoms with E-state index in [2.05, 4.69) is 57.7 Å². The maximum Gasteiger partial charge on any atom is 0.315 e. The molecular formula is C22H29N3O. The Morgan fingerprint density at radius 3 is 2.58 bits per heavy atom. The quantitative estimate of drug-likeness (QED) is 0.823. The first-order chi connectivity index (χ1) is 12.8. The molecule has 0 radical (unpaired) electrons. The van der Waals surface area contributed by atoms with Gasteiger partial charge in [-0.1, -0.05) is 42.2 Å². The smallest absolute Gasteiger partial charge is 0.315 e. The second-order valence-electron chi connectivity index (χ2n) is 8.07. The van der Waals surface area contributed by atoms with Gasteiger partial charge in [0.2, 0.25) is 0 Å². The van der Waals surface area contributed by atoms with Crippen molar-refractivity contribution in [1.82, 2.24) is 15.5 Å². The van der Waals surface area contributed by atoms with Crippen LogP contribution in [0.2, 0.25) is 0 Å². The second-order valence-corrected chi connectivity index (χ2v) is 8.07. The highest BCUT2D eigenvalue weighted by molar-refractivity contribution is 5.77. The summed E-state index contributed by atoms with van der Waals surface area (Å²) in [5, 5.41) is 6.02. The molecule has 4 heteroatoms. The monoisotopic (exact) mass is 351 g/mol. The molecular weight excluding hydrogens is 322 g/mol. The first-order valence-corrected chi connectivity index (χ1v) is 10.1. The van der Waals surface area contributed by atoms with Crippen molar-refractivity contribution in [2.24, 2.45) is 11.8 Å². The van der Waals surface area contributed by atoms with Gasteiger partial charge in [0.1, 0.15) is 0 Å². The highest BCUT2D eigenvalue weighted by Crippen LogP contribution is 2.26. The van der Waals surface area contributed by atoms with Crippen LogP contribution in [0.5, 0.6) is 0 Å². The van der Waals surface area contributed by atoms with Crippen LogP contribution in [0.15, 0.2) is 30.3 Å². The average molecular weight is 351 g/mol. The van der Waals surface area contributed by atoms with Crippen molar-refractivity contribution in [3.63, 3.8) is 0 Å². The van der Waals surface area contributed by atoms with Gasteiger partial charge in [-0.25, -0.2) is 4.79 Å². The molecule has 3 atom stereocenters. The number of fused-ring (bicyclic) bond motifs is 1. The van der Waals surface area contributed by atoms with E-state index < -0.39 is 0 Å². The van der Waals surface area contributed by atoms with Gasteiger partial charge >= 0.3 is 6.03 Å². The zero-order valence-corrected chi connectivity index (χ0v) is 15.4. The number of rotatable bonds is 3. The molecule has 3 fully saturated rings. The number of piperidine rings is 1. The highest BCUT2D eigenvalue weighted by Gasteiger charge is 2.36. The third-order valence-corrected chi connectivity index (χ3v) is 6.17. The van der Waals surface area contributed by atoms with Crippen molar-refractivity contribution in [1.29, 1.82) is 0 Å². The minimum Gasteiger partial charge on any atom is -0.333 e. The molecule has 2 heterocycles. The number of hydrogen-bond acceptors (Lipinski definition) is 2. The maximum absolute atomic E-state index is 11.4. The molecule has 26 heavy (non-hydrogen) atoms. The summed E-state index contributed by atoms with van der Waals surface area (Å²) in [5.74, 6) is 8.15. The topological polar surface area (TPSA) is 44.4 Å². The van der Waals surface area contributed by atoms with Crippen LogP contribution >= 0.6 is 0 Å². The molecule has 3 aliphatic rings. The molecule has 1 aromatic carbocycles. The summed E-state index contributed by atoms with van der Waals surface area (Å²) < 4.78 is 0. The van der Waals surface area contributed by atoms with Crippen molar-refractivity contribution in [3.05, 3.63) is 35.9 Å². The van der Waals surface area contributed by atoms with E-state index in [1.165, 1.54) is 37.9 Å². The van der Waals surface area contributed by atoms with E-state index in [1.54, 1.807) is 0 Å². The van der Waals surface area contributed by atoms with Gasteiger partial charge in [0, 0.05) is 5.92 Å². The average Bonchev–Trinajstić information content (AvgIpc) is 3.03. The summed E-state index contributed by atoms with van der Waals surface area (Å²) in [4.78, 5) is 13.9. The maximum atomic E-state index is 11.4. The summed E-state index contributed by atoms with van der Waals surface area (Å²) in [7, 11) is 0. The standard InChI is InChI=1S/C22H29N3O/c26-22-23-20-9-8-18(16-21(20)24-22)7-4-12-25-13-10-19(11-14-25)15-17-5-2-1-3-6-17/h1-3,5-6,18-21H,8-16H2,(H2,23,24,26). The molecule has 4 nitrogen and oxygen atoms in total. The minimum absolute atomic E-state index is 0.00742. The number of carbonyl (C=O) groups excluding carboxylic acids is 1. The molecule has 0 spiro atoms. The van der Waals surface area contributed by atoms with Crippen molar-refractivity contribution in [2.45, 2.75) is 50.6 Å². The van der Waals surface area contributed by atoms with Gasteiger partial charge < -0.3 is 10.6 Å². The van der Waals surface area contributed by atoms with Crippen molar-refractivity contribution < 1.29 is 4.79 Å². The molecule has 2 aliphatic heterocycles. The summed E-state index contributed by atoms with van der Waals surface area (Å²) in [6, 6.07) is 11.5. The van der Waals surface area contributed by atoms with Crippen LogP contribution in [-0.4, -0.2) is 42.6 Å². The Hall–Kier alpha value is -1.99. The largest absolute Gasteiger partial charge is 0.333 e. The number of hydrogen-bond donors (Lipinski definition) is 2. The summed E-state index contributed by atoms with van der Waals surface area (Å²) >= 11 is 0. The Bertz CT molecular complexity index is 670. The van der Waals surface area contributed by atoms with E-state index in [-0.39, 0.29) is 12.1 Å². The molecule has 2 saturated heterocycles. The fourth-order valence-electron chi connectivity index (χ4n) is 4.61. The van der Waals surface area contributed by atoms with Crippen molar-refractivity contribution in [3.8, 4) is 11.8 Å². The SMILES string of the molecule is O=C1NC2CCC(C#CCN3CCC(Cc4ccccc4)CC3)CC2N1. The number of amides is 2. The number of nitrogens with zero attached hydrogens (tertiary/aromatic N) is 1. The molecule has 0 bridgehead atoms. The lowest BCUT2D eigenvalue weighted by Gasteiger charge is -2.31. The van der Waals surface area contributed by atoms with Gasteiger partial charge in [-0.05, 0) is 63.1 Å². The third-order valence-electron chi connectivity index (χ3n) is 6.17. The first-order valence-electron chi connectivity index (χ1n) is 10.1. The number of carbonyl (C=O) groups is 1. The third kappa shape index (κ3) is 4.40. The molecule has 2 N–H and O–H groups in total. The first kappa shape index (κ1) is 17.4. The lowest BCUT2D eigenvalue weighted by Crippen LogP contribution is -2.39. The van der Waals surface area contributed by atoms with Gasteiger partial charge in [-0.3, -0.25) is 4.90 Å². The van der Waals surface area contributed by atoms with Crippen LogP contribution in [0.25, 0.3) is 0 Å². The molecule has 2 amide bonds. The molecule has 1 saturated carbocycles. The molecule has 1 aromatic rings. The Labute approximate surface area is 156 Å². The van der Waals surface area contributed by atoms with Crippen LogP contribution in [-0.2, 0) is 6.42 Å². The fraction of sp³-hybridized carbons (Fsp3) is 0.591. The normalized spacial score (nSPS) is 29.2. The van der Waals surface area contributed by atoms with Gasteiger partial charge in [0.15, 0.2) is 0 Å². The summed E-state index contributed by atoms with van der Waals surface area (Å²) in [6.07, 6.45) is 6.92. The van der Waals surface area contributed by atoms with E-state index in [0.717, 1.165) is 31.7 Å². The number of urea groups is 1. The van der Waals surface area contributed by atoms with E-state index in [4.69, 9.17) is 0 Å². The summed E-state index contributed by atoms with van der Waals surface area (Å²) in [5.41, 5.74) is 1.47. The number of nitrogens with one attached hydrogen (secondary N) is 2. The number of likely N-dealkylation sites (tertiary alicyclic amines) is 1. The Balaban J connectivity index is 1.19. The van der Waals surface area contributed by atoms with Gasteiger partial charge in [-0.2, -0.15) is 0 Å². The van der Waals surface area contributed by atoms with Crippen molar-refractivity contribution in [2.75, 3.05) is 19.6 Å². The number of benzene rings is 1. The Morgan fingerprint density at radius 1 is 1.00 bits per heavy atom. The van der Waals surface area contributed by atoms with Crippen LogP contribution in [0.1, 0.15) is 37.7 Å². The molecule has 3 unspecified atom stereocenters. The summed E-state index contributed by atoms with van der Waals surface area (Å²) in [6.45, 7) is 3.23. The van der Waals surface area contributed by atoms with Crippen LogP contribution in [0.3, 0.4) is 0 Å². The van der Waals surface area contributed by atoms with Crippen LogP contribution in [0.4, 0.5) is 4.79 Å². The van der Waals surface area contributed by atoms with E-state index >= 15 is 0 Å². The van der Waals surface area contributed by atoms with Gasteiger partial charge in [-0.15, -0.1) is 0 Å². The molecule has 1 aliphatic carbocycles. The lowest BCUT2D eigenvalue weighted by atomic mass is 9.83. The van der Waals surface area contributed by atoms with E-state index in [1.807, 2.05) is 0 Å². The Kier molecular flexibility index (Phi) is 5.45. The van der Waals surface area contributed by atoms with Crippen LogP contribution in [0, 0.1) is 23.7 Å². The van der Waals surface area contributed by atoms with Gasteiger partial charge in [0.05, 0.1) is 18.6 Å². The van der Waals surface area contributed by atoms with E-state index in [0.29, 0.717) is 12.0 Å².